The van der Waals surface area contributed by atoms with Gasteiger partial charge in [-0.05, 0) is 49.2 Å². The fraction of sp³-hybridized carbons (Fsp3) is 0.280. The zero-order valence-corrected chi connectivity index (χ0v) is 19.1. The zero-order chi connectivity index (χ0) is 23.7. The molecule has 0 saturated carbocycles. The van der Waals surface area contributed by atoms with E-state index in [-0.39, 0.29) is 18.3 Å². The lowest BCUT2D eigenvalue weighted by atomic mass is 10.1. The van der Waals surface area contributed by atoms with Crippen molar-refractivity contribution in [3.63, 3.8) is 0 Å². The summed E-state index contributed by atoms with van der Waals surface area (Å²) in [6.07, 6.45) is 0. The minimum Gasteiger partial charge on any atom is -0.338 e. The number of halogens is 1. The summed E-state index contributed by atoms with van der Waals surface area (Å²) in [6.45, 7) is 5.99. The van der Waals surface area contributed by atoms with Crippen molar-refractivity contribution in [3.8, 4) is 22.5 Å². The molecule has 0 bridgehead atoms. The molecule has 0 spiro atoms. The van der Waals surface area contributed by atoms with Gasteiger partial charge in [0, 0.05) is 31.7 Å². The minimum absolute atomic E-state index is 0.0107. The molecule has 174 valence electrons. The number of amides is 1. The van der Waals surface area contributed by atoms with Crippen LogP contribution >= 0.6 is 0 Å². The molecule has 1 fully saturated rings. The molecule has 0 N–H and O–H groups in total. The van der Waals surface area contributed by atoms with Crippen molar-refractivity contribution < 1.29 is 13.7 Å². The Hall–Kier alpha value is -4.01. The van der Waals surface area contributed by atoms with Crippen LogP contribution in [0.5, 0.6) is 0 Å². The lowest BCUT2D eigenvalue weighted by Crippen LogP contribution is -2.49. The molecule has 5 rings (SSSR count). The minimum atomic E-state index is -0.253. The molecule has 1 saturated heterocycles. The summed E-state index contributed by atoms with van der Waals surface area (Å²) in [5.41, 5.74) is 3.87. The molecule has 0 atom stereocenters. The van der Waals surface area contributed by atoms with Crippen LogP contribution in [-0.4, -0.2) is 56.9 Å². The van der Waals surface area contributed by atoms with Gasteiger partial charge in [-0.25, -0.2) is 4.39 Å². The van der Waals surface area contributed by atoms with E-state index in [1.54, 1.807) is 30.7 Å². The van der Waals surface area contributed by atoms with Gasteiger partial charge in [0.2, 0.25) is 5.91 Å². The first-order valence-corrected chi connectivity index (χ1v) is 11.2. The molecule has 1 aliphatic rings. The third-order valence-corrected chi connectivity index (χ3v) is 6.01. The van der Waals surface area contributed by atoms with E-state index in [9.17, 15) is 9.18 Å². The van der Waals surface area contributed by atoms with Crippen LogP contribution in [0.4, 0.5) is 10.4 Å². The van der Waals surface area contributed by atoms with Gasteiger partial charge in [-0.3, -0.25) is 9.48 Å². The van der Waals surface area contributed by atoms with Crippen LogP contribution in [0.25, 0.3) is 22.5 Å². The fourth-order valence-electron chi connectivity index (χ4n) is 4.11. The van der Waals surface area contributed by atoms with E-state index >= 15 is 0 Å². The predicted octanol–water partition coefficient (Wildman–Crippen LogP) is 3.70. The lowest BCUT2D eigenvalue weighted by Gasteiger charge is -2.33. The Morgan fingerprint density at radius 2 is 1.76 bits per heavy atom. The quantitative estimate of drug-likeness (QED) is 0.452. The number of aryl methyl sites for hydroxylation is 2. The summed E-state index contributed by atoms with van der Waals surface area (Å²) >= 11 is 0. The summed E-state index contributed by atoms with van der Waals surface area (Å²) in [4.78, 5) is 21.3. The van der Waals surface area contributed by atoms with Crippen LogP contribution in [0.15, 0.2) is 59.1 Å². The van der Waals surface area contributed by atoms with Crippen LogP contribution in [0.3, 0.4) is 0 Å². The second-order valence-corrected chi connectivity index (χ2v) is 8.39. The molecule has 8 nitrogen and oxygen atoms in total. The zero-order valence-electron chi connectivity index (χ0n) is 19.1. The number of anilines is 1. The molecule has 2 aromatic carbocycles. The Labute approximate surface area is 196 Å². The number of carbonyl (C=O) groups excluding carboxylic acids is 1. The Morgan fingerprint density at radius 3 is 2.44 bits per heavy atom. The standard InChI is InChI=1S/C25H25FN6O2/c1-17-14-20(8-9-21(17)26)22-15-23(19-6-4-3-5-7-19)32(28-22)16-24(33)30-10-12-31(13-11-30)25-27-18(2)29-34-25/h3-9,14-15H,10-13,16H2,1-2H3. The van der Waals surface area contributed by atoms with E-state index in [1.165, 1.54) is 6.07 Å². The van der Waals surface area contributed by atoms with E-state index in [2.05, 4.69) is 10.1 Å². The summed E-state index contributed by atoms with van der Waals surface area (Å²) in [5, 5.41) is 8.57. The number of piperazine rings is 1. The molecule has 0 unspecified atom stereocenters. The molecule has 0 radical (unpaired) electrons. The number of hydrogen-bond acceptors (Lipinski definition) is 6. The van der Waals surface area contributed by atoms with Crippen LogP contribution in [0.1, 0.15) is 11.4 Å². The fourth-order valence-corrected chi connectivity index (χ4v) is 4.11. The number of rotatable bonds is 5. The highest BCUT2D eigenvalue weighted by molar-refractivity contribution is 5.78. The lowest BCUT2D eigenvalue weighted by molar-refractivity contribution is -0.132. The van der Waals surface area contributed by atoms with E-state index in [4.69, 9.17) is 9.62 Å². The van der Waals surface area contributed by atoms with Crippen molar-refractivity contribution in [3.05, 3.63) is 71.8 Å². The number of aromatic nitrogens is 4. The Balaban J connectivity index is 1.36. The second kappa shape index (κ2) is 9.09. The Kier molecular flexibility index (Phi) is 5.83. The Morgan fingerprint density at radius 1 is 1.00 bits per heavy atom. The van der Waals surface area contributed by atoms with Gasteiger partial charge in [0.1, 0.15) is 12.4 Å². The van der Waals surface area contributed by atoms with Crippen molar-refractivity contribution in [2.45, 2.75) is 20.4 Å². The molecule has 0 aliphatic carbocycles. The van der Waals surface area contributed by atoms with E-state index in [0.717, 1.165) is 16.8 Å². The maximum atomic E-state index is 13.8. The van der Waals surface area contributed by atoms with Gasteiger partial charge < -0.3 is 14.3 Å². The van der Waals surface area contributed by atoms with E-state index in [1.807, 2.05) is 46.2 Å². The molecular weight excluding hydrogens is 435 g/mol. The van der Waals surface area contributed by atoms with Gasteiger partial charge in [0.15, 0.2) is 5.82 Å². The predicted molar refractivity (Wildman–Crippen MR) is 126 cm³/mol. The summed E-state index contributed by atoms with van der Waals surface area (Å²) in [6, 6.07) is 17.2. The third-order valence-electron chi connectivity index (χ3n) is 6.01. The van der Waals surface area contributed by atoms with Crippen molar-refractivity contribution in [1.29, 1.82) is 0 Å². The van der Waals surface area contributed by atoms with Crippen molar-refractivity contribution >= 4 is 11.9 Å². The van der Waals surface area contributed by atoms with Crippen molar-refractivity contribution in [2.24, 2.45) is 0 Å². The van der Waals surface area contributed by atoms with Gasteiger partial charge in [-0.1, -0.05) is 35.5 Å². The van der Waals surface area contributed by atoms with Gasteiger partial charge in [-0.2, -0.15) is 10.1 Å². The van der Waals surface area contributed by atoms with Crippen LogP contribution in [0.2, 0.25) is 0 Å². The normalized spacial score (nSPS) is 14.0. The number of benzene rings is 2. The molecule has 3 heterocycles. The van der Waals surface area contributed by atoms with Gasteiger partial charge >= 0.3 is 6.01 Å². The second-order valence-electron chi connectivity index (χ2n) is 8.39. The molecule has 4 aromatic rings. The SMILES string of the molecule is Cc1noc(N2CCN(C(=O)Cn3nc(-c4ccc(F)c(C)c4)cc3-c3ccccc3)CC2)n1. The highest BCUT2D eigenvalue weighted by Crippen LogP contribution is 2.27. The van der Waals surface area contributed by atoms with E-state index in [0.29, 0.717) is 49.3 Å². The number of nitrogens with zero attached hydrogens (tertiary/aromatic N) is 6. The highest BCUT2D eigenvalue weighted by atomic mass is 19.1. The molecule has 1 amide bonds. The van der Waals surface area contributed by atoms with Crippen LogP contribution in [0, 0.1) is 19.7 Å². The first kappa shape index (κ1) is 21.8. The average Bonchev–Trinajstić information content (AvgIpc) is 3.48. The van der Waals surface area contributed by atoms with Crippen LogP contribution in [-0.2, 0) is 11.3 Å². The first-order chi connectivity index (χ1) is 16.5. The van der Waals surface area contributed by atoms with Gasteiger partial charge in [0.25, 0.3) is 0 Å². The van der Waals surface area contributed by atoms with E-state index < -0.39 is 0 Å². The summed E-state index contributed by atoms with van der Waals surface area (Å²) in [5.74, 6) is 0.327. The molecule has 1 aliphatic heterocycles. The Bertz CT molecular complexity index is 1310. The highest BCUT2D eigenvalue weighted by Gasteiger charge is 2.25. The monoisotopic (exact) mass is 460 g/mol. The van der Waals surface area contributed by atoms with Crippen molar-refractivity contribution in [2.75, 3.05) is 31.1 Å². The third kappa shape index (κ3) is 4.41. The topological polar surface area (TPSA) is 80.3 Å². The first-order valence-electron chi connectivity index (χ1n) is 11.2. The molecule has 9 heteroatoms. The van der Waals surface area contributed by atoms with Gasteiger partial charge in [-0.15, -0.1) is 0 Å². The average molecular weight is 461 g/mol. The maximum Gasteiger partial charge on any atom is 0.324 e. The van der Waals surface area contributed by atoms with Crippen molar-refractivity contribution in [1.82, 2.24) is 24.8 Å². The van der Waals surface area contributed by atoms with Crippen LogP contribution < -0.4 is 4.90 Å². The summed E-state index contributed by atoms with van der Waals surface area (Å²) < 4.78 is 20.8. The van der Waals surface area contributed by atoms with Gasteiger partial charge in [0.05, 0.1) is 11.4 Å². The maximum absolute atomic E-state index is 13.8. The number of hydrogen-bond donors (Lipinski definition) is 0. The molecular formula is C25H25FN6O2. The molecule has 34 heavy (non-hydrogen) atoms. The smallest absolute Gasteiger partial charge is 0.324 e. The largest absolute Gasteiger partial charge is 0.338 e. The molecule has 2 aromatic heterocycles. The number of carbonyl (C=O) groups is 1. The summed E-state index contributed by atoms with van der Waals surface area (Å²) in [7, 11) is 0.